The van der Waals surface area contributed by atoms with Gasteiger partial charge in [-0.15, -0.1) is 0 Å². The second-order valence-electron chi connectivity index (χ2n) is 11.9. The summed E-state index contributed by atoms with van der Waals surface area (Å²) in [6, 6.07) is 17.2. The summed E-state index contributed by atoms with van der Waals surface area (Å²) in [5.74, 6) is -2.26. The minimum Gasteiger partial charge on any atom is -0.478 e. The SMILES string of the molecule is O=C(N[C@H]1CCc2ccccc21)c1ccc(-c2c3c(nc(CCc4ccc(F)cc4)c2C(=O)O)C2CCC(=O)N2C3)c([N+](=O)[O-])c1. The van der Waals surface area contributed by atoms with Crippen LogP contribution in [0.2, 0.25) is 0 Å². The number of hydrogen-bond donors (Lipinski definition) is 2. The molecule has 10 nitrogen and oxygen atoms in total. The van der Waals surface area contributed by atoms with Crippen molar-refractivity contribution in [2.45, 2.75) is 57.2 Å². The Morgan fingerprint density at radius 1 is 1.04 bits per heavy atom. The van der Waals surface area contributed by atoms with Crippen molar-refractivity contribution < 1.29 is 28.8 Å². The molecule has 1 aromatic heterocycles. The number of carboxylic acid groups (broad SMARTS) is 1. The number of hydrogen-bond acceptors (Lipinski definition) is 6. The molecular weight excluding hydrogens is 591 g/mol. The van der Waals surface area contributed by atoms with Crippen LogP contribution in [-0.2, 0) is 30.6 Å². The number of nitrogens with one attached hydrogen (secondary N) is 1. The van der Waals surface area contributed by atoms with Gasteiger partial charge in [0.25, 0.3) is 11.6 Å². The van der Waals surface area contributed by atoms with E-state index >= 15 is 0 Å². The molecule has 0 spiro atoms. The number of rotatable bonds is 8. The zero-order valence-electron chi connectivity index (χ0n) is 24.7. The van der Waals surface area contributed by atoms with Crippen LogP contribution >= 0.6 is 0 Å². The first-order valence-corrected chi connectivity index (χ1v) is 15.2. The first kappa shape index (κ1) is 29.3. The highest BCUT2D eigenvalue weighted by Crippen LogP contribution is 2.47. The fraction of sp³-hybridized carbons (Fsp3) is 0.257. The average molecular weight is 621 g/mol. The number of nitro groups is 1. The van der Waals surface area contributed by atoms with E-state index in [0.29, 0.717) is 36.9 Å². The topological polar surface area (TPSA) is 143 Å². The lowest BCUT2D eigenvalue weighted by Gasteiger charge is -2.18. The number of fused-ring (bicyclic) bond motifs is 4. The minimum absolute atomic E-state index is 0.0421. The first-order chi connectivity index (χ1) is 22.2. The third-order valence-corrected chi connectivity index (χ3v) is 9.32. The summed E-state index contributed by atoms with van der Waals surface area (Å²) >= 11 is 0. The Labute approximate surface area is 263 Å². The van der Waals surface area contributed by atoms with Crippen LogP contribution < -0.4 is 5.32 Å². The lowest BCUT2D eigenvalue weighted by atomic mass is 9.88. The molecule has 1 fully saturated rings. The third kappa shape index (κ3) is 5.07. The number of carbonyl (C=O) groups excluding carboxylic acids is 2. The Balaban J connectivity index is 1.31. The summed E-state index contributed by atoms with van der Waals surface area (Å²) in [4.78, 5) is 57.4. The molecular formula is C35H29FN4O6. The molecule has 0 radical (unpaired) electrons. The maximum atomic E-state index is 13.5. The van der Waals surface area contributed by atoms with Crippen molar-refractivity contribution in [3.8, 4) is 11.1 Å². The van der Waals surface area contributed by atoms with Gasteiger partial charge >= 0.3 is 5.97 Å². The van der Waals surface area contributed by atoms with Crippen molar-refractivity contribution in [1.82, 2.24) is 15.2 Å². The monoisotopic (exact) mass is 620 g/mol. The standard InChI is InChI=1S/C35H29FN4O6/c36-22-10-5-19(6-11-22)7-13-27-32(35(43)44)31(25-18-39-28(33(25)37-27)15-16-30(39)41)24-12-8-21(17-29(24)40(45)46)34(42)38-26-14-9-20-3-1-2-4-23(20)26/h1-6,8,10-12,17,26,28H,7,9,13-16,18H2,(H,38,42)(H,43,44)/t26-,28?/m0/s1. The molecule has 2 N–H and O–H groups in total. The molecule has 46 heavy (non-hydrogen) atoms. The number of nitro benzene ring substituents is 1. The highest BCUT2D eigenvalue weighted by atomic mass is 19.1. The summed E-state index contributed by atoms with van der Waals surface area (Å²) in [5, 5.41) is 26.1. The summed E-state index contributed by atoms with van der Waals surface area (Å²) < 4.78 is 13.5. The average Bonchev–Trinajstić information content (AvgIpc) is 3.74. The van der Waals surface area contributed by atoms with E-state index in [9.17, 15) is 34.0 Å². The lowest BCUT2D eigenvalue weighted by molar-refractivity contribution is -0.384. The number of carboxylic acids is 1. The molecule has 2 aliphatic heterocycles. The van der Waals surface area contributed by atoms with Gasteiger partial charge < -0.3 is 15.3 Å². The van der Waals surface area contributed by atoms with Crippen molar-refractivity contribution in [2.75, 3.05) is 0 Å². The van der Waals surface area contributed by atoms with Gasteiger partial charge in [-0.3, -0.25) is 24.7 Å². The number of aryl methyl sites for hydroxylation is 3. The molecule has 3 aliphatic rings. The number of amides is 2. The van der Waals surface area contributed by atoms with Crippen LogP contribution in [0.15, 0.2) is 66.7 Å². The van der Waals surface area contributed by atoms with Gasteiger partial charge in [0.15, 0.2) is 0 Å². The lowest BCUT2D eigenvalue weighted by Crippen LogP contribution is -2.27. The van der Waals surface area contributed by atoms with Crippen LogP contribution in [0.5, 0.6) is 0 Å². The van der Waals surface area contributed by atoms with Crippen LogP contribution in [0.4, 0.5) is 10.1 Å². The summed E-state index contributed by atoms with van der Waals surface area (Å²) in [5.41, 5.74) is 3.82. The van der Waals surface area contributed by atoms with Gasteiger partial charge in [-0.05, 0) is 73.1 Å². The maximum Gasteiger partial charge on any atom is 0.338 e. The van der Waals surface area contributed by atoms with Gasteiger partial charge in [-0.25, -0.2) is 9.18 Å². The number of carbonyl (C=O) groups is 3. The van der Waals surface area contributed by atoms with Crippen molar-refractivity contribution in [3.63, 3.8) is 0 Å². The molecule has 3 aromatic carbocycles. The molecule has 3 heterocycles. The van der Waals surface area contributed by atoms with E-state index in [0.717, 1.165) is 23.1 Å². The molecule has 7 rings (SSSR count). The fourth-order valence-electron chi connectivity index (χ4n) is 7.12. The Hall–Kier alpha value is -5.45. The minimum atomic E-state index is -1.31. The van der Waals surface area contributed by atoms with Gasteiger partial charge in [0, 0.05) is 35.7 Å². The third-order valence-electron chi connectivity index (χ3n) is 9.32. The number of benzene rings is 3. The second kappa shape index (κ2) is 11.5. The van der Waals surface area contributed by atoms with Crippen LogP contribution in [0.1, 0.15) is 85.7 Å². The van der Waals surface area contributed by atoms with E-state index in [4.69, 9.17) is 4.98 Å². The largest absolute Gasteiger partial charge is 0.478 e. The predicted molar refractivity (Wildman–Crippen MR) is 165 cm³/mol. The highest BCUT2D eigenvalue weighted by molar-refractivity contribution is 6.02. The Kier molecular flexibility index (Phi) is 7.31. The Bertz CT molecular complexity index is 1940. The van der Waals surface area contributed by atoms with Crippen molar-refractivity contribution in [3.05, 3.63) is 127 Å². The smallest absolute Gasteiger partial charge is 0.338 e. The number of halogens is 1. The summed E-state index contributed by atoms with van der Waals surface area (Å²) in [6.45, 7) is 0.0835. The van der Waals surface area contributed by atoms with Gasteiger partial charge in [-0.2, -0.15) is 0 Å². The normalized spacial score (nSPS) is 17.8. The first-order valence-electron chi connectivity index (χ1n) is 15.2. The molecule has 2 atom stereocenters. The van der Waals surface area contributed by atoms with E-state index in [1.165, 1.54) is 30.3 Å². The maximum absolute atomic E-state index is 13.5. The quantitative estimate of drug-likeness (QED) is 0.185. The number of aromatic carboxylic acids is 1. The summed E-state index contributed by atoms with van der Waals surface area (Å²) in [6.07, 6.45) is 2.90. The number of nitrogens with zero attached hydrogens (tertiary/aromatic N) is 3. The van der Waals surface area contributed by atoms with Crippen LogP contribution in [0.3, 0.4) is 0 Å². The van der Waals surface area contributed by atoms with Gasteiger partial charge in [0.05, 0.1) is 39.5 Å². The Morgan fingerprint density at radius 2 is 1.83 bits per heavy atom. The van der Waals surface area contributed by atoms with E-state index < -0.39 is 28.3 Å². The zero-order chi connectivity index (χ0) is 32.1. The summed E-state index contributed by atoms with van der Waals surface area (Å²) in [7, 11) is 0. The molecule has 1 aliphatic carbocycles. The molecule has 4 aromatic rings. The van der Waals surface area contributed by atoms with E-state index in [2.05, 4.69) is 5.32 Å². The van der Waals surface area contributed by atoms with Gasteiger partial charge in [0.1, 0.15) is 5.82 Å². The van der Waals surface area contributed by atoms with E-state index in [1.54, 1.807) is 17.0 Å². The molecule has 1 unspecified atom stereocenters. The van der Waals surface area contributed by atoms with Gasteiger partial charge in [-0.1, -0.05) is 36.4 Å². The van der Waals surface area contributed by atoms with Crippen LogP contribution in [-0.4, -0.2) is 37.7 Å². The number of pyridine rings is 1. The van der Waals surface area contributed by atoms with E-state index in [1.807, 2.05) is 24.3 Å². The van der Waals surface area contributed by atoms with Gasteiger partial charge in [0.2, 0.25) is 5.91 Å². The molecule has 11 heteroatoms. The number of aromatic nitrogens is 1. The van der Waals surface area contributed by atoms with Crippen molar-refractivity contribution in [2.24, 2.45) is 0 Å². The predicted octanol–water partition coefficient (Wildman–Crippen LogP) is 5.87. The molecule has 0 saturated carbocycles. The zero-order valence-corrected chi connectivity index (χ0v) is 24.7. The van der Waals surface area contributed by atoms with Crippen molar-refractivity contribution in [1.29, 1.82) is 0 Å². The molecule has 0 bridgehead atoms. The molecule has 1 saturated heterocycles. The highest BCUT2D eigenvalue weighted by Gasteiger charge is 2.43. The van der Waals surface area contributed by atoms with E-state index in [-0.39, 0.29) is 58.9 Å². The Morgan fingerprint density at radius 3 is 2.59 bits per heavy atom. The molecule has 232 valence electrons. The fourth-order valence-corrected chi connectivity index (χ4v) is 7.12. The second-order valence-corrected chi connectivity index (χ2v) is 11.9. The molecule has 2 amide bonds. The van der Waals surface area contributed by atoms with Crippen LogP contribution in [0.25, 0.3) is 11.1 Å². The van der Waals surface area contributed by atoms with Crippen molar-refractivity contribution >= 4 is 23.5 Å². The van der Waals surface area contributed by atoms with Crippen LogP contribution in [0, 0.1) is 15.9 Å².